The monoisotopic (exact) mass is 283 g/mol. The van der Waals surface area contributed by atoms with Gasteiger partial charge < -0.3 is 10.6 Å². The number of amides is 1. The lowest BCUT2D eigenvalue weighted by molar-refractivity contribution is 0.100. The lowest BCUT2D eigenvalue weighted by Gasteiger charge is -2.32. The van der Waals surface area contributed by atoms with Crippen molar-refractivity contribution in [2.45, 2.75) is 6.54 Å². The fourth-order valence-corrected chi connectivity index (χ4v) is 2.96. The van der Waals surface area contributed by atoms with Crippen molar-refractivity contribution in [2.75, 3.05) is 33.2 Å². The average Bonchev–Trinajstić information content (AvgIpc) is 2.49. The van der Waals surface area contributed by atoms with Gasteiger partial charge in [-0.3, -0.25) is 9.69 Å². The predicted molar refractivity (Wildman–Crippen MR) is 85.2 cm³/mol. The molecule has 2 aromatic rings. The van der Waals surface area contributed by atoms with E-state index in [-0.39, 0.29) is 5.91 Å². The van der Waals surface area contributed by atoms with Gasteiger partial charge in [0.1, 0.15) is 0 Å². The third-order valence-corrected chi connectivity index (χ3v) is 4.27. The van der Waals surface area contributed by atoms with E-state index in [1.807, 2.05) is 30.3 Å². The smallest absolute Gasteiger partial charge is 0.249 e. The molecule has 1 fully saturated rings. The van der Waals surface area contributed by atoms with Gasteiger partial charge in [-0.1, -0.05) is 30.3 Å². The molecule has 0 unspecified atom stereocenters. The SMILES string of the molecule is CN1CCN(Cc2ccc(C(N)=O)c3ccccc23)CC1. The zero-order valence-electron chi connectivity index (χ0n) is 12.4. The number of primary amides is 1. The molecule has 4 nitrogen and oxygen atoms in total. The molecule has 110 valence electrons. The molecule has 2 aromatic carbocycles. The van der Waals surface area contributed by atoms with Gasteiger partial charge in [0, 0.05) is 38.3 Å². The largest absolute Gasteiger partial charge is 0.366 e. The number of rotatable bonds is 3. The van der Waals surface area contributed by atoms with E-state index in [0.717, 1.165) is 43.5 Å². The van der Waals surface area contributed by atoms with Crippen LogP contribution in [0.3, 0.4) is 0 Å². The number of hydrogen-bond acceptors (Lipinski definition) is 3. The van der Waals surface area contributed by atoms with Gasteiger partial charge in [-0.2, -0.15) is 0 Å². The molecule has 4 heteroatoms. The Morgan fingerprint density at radius 3 is 2.38 bits per heavy atom. The zero-order valence-corrected chi connectivity index (χ0v) is 12.4. The van der Waals surface area contributed by atoms with Gasteiger partial charge in [0.05, 0.1) is 0 Å². The summed E-state index contributed by atoms with van der Waals surface area (Å²) in [6, 6.07) is 11.9. The first-order valence-electron chi connectivity index (χ1n) is 7.36. The van der Waals surface area contributed by atoms with Crippen LogP contribution >= 0.6 is 0 Å². The zero-order chi connectivity index (χ0) is 14.8. The van der Waals surface area contributed by atoms with Gasteiger partial charge in [0.15, 0.2) is 0 Å². The van der Waals surface area contributed by atoms with Crippen molar-refractivity contribution in [3.8, 4) is 0 Å². The first-order valence-corrected chi connectivity index (χ1v) is 7.36. The summed E-state index contributed by atoms with van der Waals surface area (Å²) in [6.45, 7) is 5.31. The molecule has 0 spiro atoms. The fourth-order valence-electron chi connectivity index (χ4n) is 2.96. The molecular formula is C17H21N3O. The van der Waals surface area contributed by atoms with Crippen molar-refractivity contribution in [1.29, 1.82) is 0 Å². The van der Waals surface area contributed by atoms with Crippen LogP contribution in [0.15, 0.2) is 36.4 Å². The maximum absolute atomic E-state index is 11.6. The Labute approximate surface area is 125 Å². The number of carbonyl (C=O) groups is 1. The standard InChI is InChI=1S/C17H21N3O/c1-19-8-10-20(11-9-19)12-13-6-7-16(17(18)21)15-5-3-2-4-14(13)15/h2-7H,8-12H2,1H3,(H2,18,21). The van der Waals surface area contributed by atoms with Gasteiger partial charge >= 0.3 is 0 Å². The number of nitrogens with zero attached hydrogens (tertiary/aromatic N) is 2. The highest BCUT2D eigenvalue weighted by atomic mass is 16.1. The fraction of sp³-hybridized carbons (Fsp3) is 0.353. The molecule has 2 N–H and O–H groups in total. The molecule has 0 aromatic heterocycles. The molecule has 21 heavy (non-hydrogen) atoms. The summed E-state index contributed by atoms with van der Waals surface area (Å²) in [5.41, 5.74) is 7.34. The molecule has 1 aliphatic rings. The van der Waals surface area contributed by atoms with E-state index in [1.165, 1.54) is 5.56 Å². The third kappa shape index (κ3) is 2.91. The molecule has 0 saturated carbocycles. The molecule has 0 radical (unpaired) electrons. The molecule has 3 rings (SSSR count). The van der Waals surface area contributed by atoms with Crippen molar-refractivity contribution in [3.63, 3.8) is 0 Å². The normalized spacial score (nSPS) is 17.2. The Morgan fingerprint density at radius 1 is 1.05 bits per heavy atom. The van der Waals surface area contributed by atoms with E-state index in [2.05, 4.69) is 22.9 Å². The predicted octanol–water partition coefficient (Wildman–Crippen LogP) is 1.69. The van der Waals surface area contributed by atoms with Crippen LogP contribution in [0.2, 0.25) is 0 Å². The van der Waals surface area contributed by atoms with E-state index in [0.29, 0.717) is 5.56 Å². The molecule has 1 heterocycles. The number of carbonyl (C=O) groups excluding carboxylic acids is 1. The van der Waals surface area contributed by atoms with Gasteiger partial charge in [0.2, 0.25) is 5.91 Å². The van der Waals surface area contributed by atoms with E-state index in [9.17, 15) is 4.79 Å². The second-order valence-corrected chi connectivity index (χ2v) is 5.76. The summed E-state index contributed by atoms with van der Waals surface area (Å²) in [6.07, 6.45) is 0. The Hall–Kier alpha value is -1.91. The topological polar surface area (TPSA) is 49.6 Å². The lowest BCUT2D eigenvalue weighted by Crippen LogP contribution is -2.43. The number of piperazine rings is 1. The maximum atomic E-state index is 11.6. The minimum Gasteiger partial charge on any atom is -0.366 e. The number of hydrogen-bond donors (Lipinski definition) is 1. The minimum atomic E-state index is -0.364. The van der Waals surface area contributed by atoms with Gasteiger partial charge in [-0.25, -0.2) is 0 Å². The van der Waals surface area contributed by atoms with Crippen LogP contribution in [0.4, 0.5) is 0 Å². The third-order valence-electron chi connectivity index (χ3n) is 4.27. The van der Waals surface area contributed by atoms with E-state index in [1.54, 1.807) is 0 Å². The first-order chi connectivity index (χ1) is 10.1. The number of benzene rings is 2. The highest BCUT2D eigenvalue weighted by molar-refractivity contribution is 6.07. The first kappa shape index (κ1) is 14.0. The molecule has 1 amide bonds. The summed E-state index contributed by atoms with van der Waals surface area (Å²) in [5.74, 6) is -0.364. The maximum Gasteiger partial charge on any atom is 0.249 e. The van der Waals surface area contributed by atoms with Crippen molar-refractivity contribution in [3.05, 3.63) is 47.5 Å². The Morgan fingerprint density at radius 2 is 1.71 bits per heavy atom. The Kier molecular flexibility index (Phi) is 3.90. The molecule has 1 aliphatic heterocycles. The van der Waals surface area contributed by atoms with Crippen molar-refractivity contribution < 1.29 is 4.79 Å². The van der Waals surface area contributed by atoms with Gasteiger partial charge in [-0.05, 0) is 29.4 Å². The summed E-state index contributed by atoms with van der Waals surface area (Å²) in [5, 5.41) is 2.09. The molecule has 0 bridgehead atoms. The summed E-state index contributed by atoms with van der Waals surface area (Å²) in [4.78, 5) is 16.4. The van der Waals surface area contributed by atoms with Crippen LogP contribution < -0.4 is 5.73 Å². The molecule has 1 saturated heterocycles. The van der Waals surface area contributed by atoms with Crippen LogP contribution in [0.5, 0.6) is 0 Å². The Bertz CT molecular complexity index is 660. The summed E-state index contributed by atoms with van der Waals surface area (Å²) in [7, 11) is 2.16. The second-order valence-electron chi connectivity index (χ2n) is 5.76. The minimum absolute atomic E-state index is 0.364. The van der Waals surface area contributed by atoms with Crippen molar-refractivity contribution in [2.24, 2.45) is 5.73 Å². The van der Waals surface area contributed by atoms with Crippen LogP contribution in [-0.2, 0) is 6.54 Å². The van der Waals surface area contributed by atoms with Crippen LogP contribution in [0, 0.1) is 0 Å². The van der Waals surface area contributed by atoms with Crippen LogP contribution in [-0.4, -0.2) is 48.9 Å². The van der Waals surface area contributed by atoms with E-state index in [4.69, 9.17) is 5.73 Å². The molecule has 0 atom stereocenters. The van der Waals surface area contributed by atoms with Crippen molar-refractivity contribution >= 4 is 16.7 Å². The van der Waals surface area contributed by atoms with Crippen molar-refractivity contribution in [1.82, 2.24) is 9.80 Å². The average molecular weight is 283 g/mol. The van der Waals surface area contributed by atoms with E-state index >= 15 is 0 Å². The lowest BCUT2D eigenvalue weighted by atomic mass is 9.98. The highest BCUT2D eigenvalue weighted by Crippen LogP contribution is 2.24. The number of nitrogens with two attached hydrogens (primary N) is 1. The van der Waals surface area contributed by atoms with Crippen LogP contribution in [0.1, 0.15) is 15.9 Å². The number of likely N-dealkylation sites (N-methyl/N-ethyl adjacent to an activating group) is 1. The van der Waals surface area contributed by atoms with E-state index < -0.39 is 0 Å². The quantitative estimate of drug-likeness (QED) is 0.932. The summed E-state index contributed by atoms with van der Waals surface area (Å²) >= 11 is 0. The Balaban J connectivity index is 1.93. The highest BCUT2D eigenvalue weighted by Gasteiger charge is 2.16. The summed E-state index contributed by atoms with van der Waals surface area (Å²) < 4.78 is 0. The number of fused-ring (bicyclic) bond motifs is 1. The van der Waals surface area contributed by atoms with Gasteiger partial charge in [-0.15, -0.1) is 0 Å². The van der Waals surface area contributed by atoms with Crippen LogP contribution in [0.25, 0.3) is 10.8 Å². The molecular weight excluding hydrogens is 262 g/mol. The molecule has 0 aliphatic carbocycles. The van der Waals surface area contributed by atoms with Gasteiger partial charge in [0.25, 0.3) is 0 Å². The second kappa shape index (κ2) is 5.84.